The fraction of sp³-hybridized carbons (Fsp3) is 0.894. The number of hydrogen-bond donors (Lipinski definition) is 3. The van der Waals surface area contributed by atoms with E-state index in [0.717, 1.165) is 49.7 Å². The Balaban J connectivity index is 0.967. The number of rotatable bonds is 14. The number of fused-ring (bicyclic) bond motifs is 9. The van der Waals surface area contributed by atoms with Crippen LogP contribution in [0.25, 0.3) is 0 Å². The van der Waals surface area contributed by atoms with Crippen molar-refractivity contribution >= 4 is 5.78 Å². The average Bonchev–Trinajstić information content (AvgIpc) is 3.86. The van der Waals surface area contributed by atoms with Crippen molar-refractivity contribution in [1.29, 1.82) is 0 Å². The van der Waals surface area contributed by atoms with Crippen LogP contribution in [0.5, 0.6) is 0 Å². The van der Waals surface area contributed by atoms with Gasteiger partial charge in [0.15, 0.2) is 5.79 Å². The zero-order valence-electron chi connectivity index (χ0n) is 37.9. The Hall–Kier alpha value is -1.45. The van der Waals surface area contributed by atoms with Crippen molar-refractivity contribution in [2.45, 2.75) is 194 Å². The lowest BCUT2D eigenvalue weighted by molar-refractivity contribution is -0.277. The van der Waals surface area contributed by atoms with Crippen LogP contribution >= 0.6 is 0 Å². The van der Waals surface area contributed by atoms with Crippen LogP contribution < -0.4 is 5.90 Å². The summed E-state index contributed by atoms with van der Waals surface area (Å²) >= 11 is 0. The van der Waals surface area contributed by atoms with E-state index >= 15 is 0 Å². The molecular weight excluding hydrogens is 817 g/mol. The highest BCUT2D eigenvalue weighted by molar-refractivity contribution is 5.79. The van der Waals surface area contributed by atoms with Gasteiger partial charge in [-0.25, -0.2) is 5.90 Å². The van der Waals surface area contributed by atoms with Crippen molar-refractivity contribution in [3.63, 3.8) is 0 Å². The average molecular weight is 893 g/mol. The van der Waals surface area contributed by atoms with Crippen LogP contribution in [-0.4, -0.2) is 179 Å². The zero-order valence-corrected chi connectivity index (χ0v) is 37.9. The molecule has 8 rings (SSSR count). The number of ether oxygens (including phenoxy) is 10. The Morgan fingerprint density at radius 1 is 0.810 bits per heavy atom. The lowest BCUT2D eigenvalue weighted by Gasteiger charge is -2.47. The molecule has 0 saturated carbocycles. The molecule has 8 fully saturated rings. The Bertz CT molecular complexity index is 1540. The molecule has 18 atom stereocenters. The Labute approximate surface area is 373 Å². The van der Waals surface area contributed by atoms with Gasteiger partial charge in [-0.15, -0.1) is 0 Å². The second-order valence-electron chi connectivity index (χ2n) is 19.9. The number of carbonyl (C=O) groups excluding carboxylic acids is 1. The molecule has 1 spiro atoms. The molecule has 0 aliphatic carbocycles. The smallest absolute Gasteiger partial charge is 0.172 e. The maximum atomic E-state index is 14.3. The largest absolute Gasteiger partial charge is 0.392 e. The third-order valence-corrected chi connectivity index (χ3v) is 15.2. The van der Waals surface area contributed by atoms with Crippen molar-refractivity contribution in [3.8, 4) is 0 Å². The van der Waals surface area contributed by atoms with Gasteiger partial charge in [-0.3, -0.25) is 4.79 Å². The highest BCUT2D eigenvalue weighted by Gasteiger charge is 2.59. The SMILES string of the molecule is C=C1C[C@@H]2CC[C@]34C[C@@H](O)[C@H](O3)[C@H]3C[C@@H](O4)[C@H]4O[C@H](CC[C@@H]4O3)CC(=O)C[C@@H]3[C@@H](OC)[C@@H](C[C@H](O)CN(C)CCOCCOCCON)O[C@H]3C[C@H]3O[C@@H](CC[C@@H]1O2)C[C@@H](C)C3=C. The molecule has 358 valence electrons. The number of likely N-dealkylation sites (N-methyl/N-ethyl adjacent to an activating group) is 1. The first-order valence-electron chi connectivity index (χ1n) is 24.0. The summed E-state index contributed by atoms with van der Waals surface area (Å²) in [4.78, 5) is 20.8. The number of nitrogens with zero attached hydrogens (tertiary/aromatic N) is 1. The van der Waals surface area contributed by atoms with Gasteiger partial charge in [-0.1, -0.05) is 20.1 Å². The van der Waals surface area contributed by atoms with Gasteiger partial charge in [0.25, 0.3) is 0 Å². The van der Waals surface area contributed by atoms with Gasteiger partial charge in [0.05, 0.1) is 112 Å². The van der Waals surface area contributed by atoms with Crippen molar-refractivity contribution in [3.05, 3.63) is 24.3 Å². The summed E-state index contributed by atoms with van der Waals surface area (Å²) in [5, 5.41) is 22.6. The molecule has 0 unspecified atom stereocenters. The molecule has 16 heteroatoms. The molecule has 8 aliphatic heterocycles. The van der Waals surface area contributed by atoms with Gasteiger partial charge in [0.2, 0.25) is 0 Å². The number of aliphatic hydroxyl groups excluding tert-OH is 2. The summed E-state index contributed by atoms with van der Waals surface area (Å²) in [5.74, 6) is 4.13. The monoisotopic (exact) mass is 893 g/mol. The lowest BCUT2D eigenvalue weighted by Crippen LogP contribution is -2.58. The summed E-state index contributed by atoms with van der Waals surface area (Å²) in [6, 6.07) is 0. The van der Waals surface area contributed by atoms with E-state index in [9.17, 15) is 15.0 Å². The Morgan fingerprint density at radius 3 is 2.38 bits per heavy atom. The maximum absolute atomic E-state index is 14.3. The highest BCUT2D eigenvalue weighted by atomic mass is 16.7. The van der Waals surface area contributed by atoms with Gasteiger partial charge in [0, 0.05) is 71.1 Å². The molecule has 8 heterocycles. The topological polar surface area (TPSA) is 188 Å². The minimum atomic E-state index is -0.964. The second-order valence-corrected chi connectivity index (χ2v) is 19.9. The lowest BCUT2D eigenvalue weighted by atomic mass is 9.81. The molecule has 10 bridgehead atoms. The fourth-order valence-corrected chi connectivity index (χ4v) is 11.9. The molecule has 0 amide bonds. The summed E-state index contributed by atoms with van der Waals surface area (Å²) in [7, 11) is 3.63. The van der Waals surface area contributed by atoms with Crippen LogP contribution in [0.2, 0.25) is 0 Å². The van der Waals surface area contributed by atoms with Crippen LogP contribution in [-0.2, 0) is 57.0 Å². The minimum absolute atomic E-state index is 0.00400. The highest BCUT2D eigenvalue weighted by Crippen LogP contribution is 2.49. The summed E-state index contributed by atoms with van der Waals surface area (Å²) in [6.45, 7) is 14.4. The van der Waals surface area contributed by atoms with Gasteiger partial charge in [-0.05, 0) is 69.1 Å². The van der Waals surface area contributed by atoms with E-state index in [1.807, 2.05) is 11.9 Å². The number of carbonyl (C=O) groups is 1. The second kappa shape index (κ2) is 21.7. The standard InChI is InChI=1S/C47H76N2O14/c1-27-18-32-6-8-37-28(2)19-34(57-37)10-11-47-25-36(52)45(63-47)42-24-43(62-47)46-38(60-42)9-7-33(59-46)20-30(50)21-35-40(23-39(58-32)29(27)3)61-41(44(35)53-5)22-31(51)26-49(4)12-13-54-14-15-55-16-17-56-48/h27,31-46,51-52H,2-3,6-26,48H2,1,4-5H3/t27-,31+,32+,33-,34+,35+,36-,37+,38+,39-,40+,41-,42-,43-,44-,45+,46+,47-/m1/s1. The minimum Gasteiger partial charge on any atom is -0.392 e. The van der Waals surface area contributed by atoms with Crippen LogP contribution in [0.15, 0.2) is 24.3 Å². The molecule has 16 nitrogen and oxygen atoms in total. The molecular formula is C47H76N2O14. The molecule has 0 aromatic carbocycles. The van der Waals surface area contributed by atoms with Crippen LogP contribution in [0.4, 0.5) is 0 Å². The van der Waals surface area contributed by atoms with Crippen molar-refractivity contribution < 1.29 is 67.2 Å². The number of Topliss-reactive ketones (excluding diaryl/α,β-unsaturated/α-hetero) is 1. The number of ketones is 1. The van der Waals surface area contributed by atoms with Crippen molar-refractivity contribution in [2.24, 2.45) is 17.7 Å². The third kappa shape index (κ3) is 11.6. The normalized spacial score (nSPS) is 43.8. The third-order valence-electron chi connectivity index (χ3n) is 15.2. The number of nitrogens with two attached hydrogens (primary N) is 1. The quantitative estimate of drug-likeness (QED) is 0.131. The summed E-state index contributed by atoms with van der Waals surface area (Å²) in [5.41, 5.74) is 2.14. The molecule has 63 heavy (non-hydrogen) atoms. The van der Waals surface area contributed by atoms with Gasteiger partial charge >= 0.3 is 0 Å². The molecule has 0 aromatic heterocycles. The first kappa shape index (κ1) is 48.0. The van der Waals surface area contributed by atoms with E-state index in [2.05, 4.69) is 24.9 Å². The molecule has 8 saturated heterocycles. The van der Waals surface area contributed by atoms with Crippen molar-refractivity contribution in [1.82, 2.24) is 4.90 Å². The van der Waals surface area contributed by atoms with E-state index < -0.39 is 36.3 Å². The number of aliphatic hydroxyl groups is 2. The predicted octanol–water partition coefficient (Wildman–Crippen LogP) is 3.32. The van der Waals surface area contributed by atoms with E-state index in [1.54, 1.807) is 7.11 Å². The number of methoxy groups -OCH3 is 1. The van der Waals surface area contributed by atoms with Crippen molar-refractivity contribution in [2.75, 3.05) is 60.3 Å². The van der Waals surface area contributed by atoms with Crippen LogP contribution in [0.3, 0.4) is 0 Å². The fourth-order valence-electron chi connectivity index (χ4n) is 11.9. The Kier molecular flexibility index (Phi) is 16.5. The van der Waals surface area contributed by atoms with E-state index in [4.69, 9.17) is 53.3 Å². The first-order chi connectivity index (χ1) is 30.4. The van der Waals surface area contributed by atoms with E-state index in [1.165, 1.54) is 0 Å². The summed E-state index contributed by atoms with van der Waals surface area (Å²) < 4.78 is 64.7. The zero-order chi connectivity index (χ0) is 44.3. The predicted molar refractivity (Wildman–Crippen MR) is 228 cm³/mol. The number of hydrogen-bond acceptors (Lipinski definition) is 16. The van der Waals surface area contributed by atoms with Crippen LogP contribution in [0, 0.1) is 11.8 Å². The Morgan fingerprint density at radius 2 is 1.57 bits per heavy atom. The molecule has 0 aromatic rings. The van der Waals surface area contributed by atoms with Gasteiger partial charge in [-0.2, -0.15) is 0 Å². The first-order valence-corrected chi connectivity index (χ1v) is 24.0. The molecule has 0 radical (unpaired) electrons. The maximum Gasteiger partial charge on any atom is 0.172 e. The van der Waals surface area contributed by atoms with Gasteiger partial charge < -0.3 is 67.3 Å². The molecule has 8 aliphatic rings. The van der Waals surface area contributed by atoms with Gasteiger partial charge in [0.1, 0.15) is 18.0 Å². The molecule has 4 N–H and O–H groups in total. The van der Waals surface area contributed by atoms with Crippen LogP contribution in [0.1, 0.15) is 96.8 Å². The van der Waals surface area contributed by atoms with E-state index in [0.29, 0.717) is 84.6 Å². The van der Waals surface area contributed by atoms with E-state index in [-0.39, 0.29) is 91.5 Å². The summed E-state index contributed by atoms with van der Waals surface area (Å²) in [6.07, 6.45) is 3.50.